The van der Waals surface area contributed by atoms with Crippen LogP contribution >= 0.6 is 0 Å². The molecule has 4 aromatic rings. The number of hydrogen-bond donors (Lipinski definition) is 0. The van der Waals surface area contributed by atoms with E-state index in [0.717, 1.165) is 29.2 Å². The Balaban J connectivity index is 1.26. The quantitative estimate of drug-likeness (QED) is 0.226. The van der Waals surface area contributed by atoms with Crippen molar-refractivity contribution in [3.63, 3.8) is 0 Å². The molecule has 1 atom stereocenters. The van der Waals surface area contributed by atoms with Gasteiger partial charge in [-0.2, -0.15) is 13.2 Å². The molecule has 9 heteroatoms. The maximum absolute atomic E-state index is 13.3. The van der Waals surface area contributed by atoms with Crippen LogP contribution in [0.2, 0.25) is 0 Å². The van der Waals surface area contributed by atoms with E-state index in [-0.39, 0.29) is 25.1 Å². The summed E-state index contributed by atoms with van der Waals surface area (Å²) in [5.74, 6) is 2.15. The number of fused-ring (bicyclic) bond motifs is 1. The van der Waals surface area contributed by atoms with Gasteiger partial charge in [-0.3, -0.25) is 0 Å². The van der Waals surface area contributed by atoms with Crippen LogP contribution in [0.3, 0.4) is 0 Å². The monoisotopic (exact) mass is 511 g/mol. The number of alkyl halides is 3. The molecule has 0 saturated heterocycles. The van der Waals surface area contributed by atoms with Gasteiger partial charge in [0.25, 0.3) is 5.88 Å². The fourth-order valence-electron chi connectivity index (χ4n) is 4.36. The number of halogens is 3. The standard InChI is InChI=1S/C28H24F3NO5/c1-33-17-35-27-15-26(37-32-27)18-9-11-20(12-10-18)36-25-14-13-22-21(25)6-4-8-24(22)34-16-19-5-2-3-7-23(19)28(29,30)31/h2-12,15,25H,13-14,16-17H2,1H3. The van der Waals surface area contributed by atoms with Crippen molar-refractivity contribution in [2.45, 2.75) is 31.7 Å². The van der Waals surface area contributed by atoms with Crippen molar-refractivity contribution in [2.75, 3.05) is 13.9 Å². The largest absolute Gasteiger partial charge is 0.489 e. The Bertz CT molecular complexity index is 1350. The Morgan fingerprint density at radius 2 is 1.78 bits per heavy atom. The minimum Gasteiger partial charge on any atom is -0.489 e. The molecule has 37 heavy (non-hydrogen) atoms. The highest BCUT2D eigenvalue weighted by atomic mass is 19.4. The third-order valence-corrected chi connectivity index (χ3v) is 6.11. The smallest absolute Gasteiger partial charge is 0.416 e. The lowest BCUT2D eigenvalue weighted by Crippen LogP contribution is -2.11. The Kier molecular flexibility index (Phi) is 7.05. The zero-order chi connectivity index (χ0) is 25.8. The van der Waals surface area contributed by atoms with E-state index < -0.39 is 11.7 Å². The van der Waals surface area contributed by atoms with Gasteiger partial charge in [0, 0.05) is 29.9 Å². The molecule has 1 aliphatic carbocycles. The van der Waals surface area contributed by atoms with Crippen molar-refractivity contribution in [2.24, 2.45) is 0 Å². The lowest BCUT2D eigenvalue weighted by atomic mass is 10.1. The molecule has 192 valence electrons. The minimum atomic E-state index is -4.43. The number of rotatable bonds is 9. The van der Waals surface area contributed by atoms with Crippen molar-refractivity contribution < 1.29 is 36.6 Å². The molecule has 0 aliphatic heterocycles. The molecule has 6 nitrogen and oxygen atoms in total. The van der Waals surface area contributed by atoms with Crippen molar-refractivity contribution in [3.8, 4) is 28.7 Å². The van der Waals surface area contributed by atoms with Crippen LogP contribution in [0.1, 0.15) is 34.8 Å². The van der Waals surface area contributed by atoms with Gasteiger partial charge in [-0.15, -0.1) is 0 Å². The van der Waals surface area contributed by atoms with Gasteiger partial charge in [0.2, 0.25) is 0 Å². The number of nitrogens with zero attached hydrogens (tertiary/aromatic N) is 1. The van der Waals surface area contributed by atoms with Crippen molar-refractivity contribution in [3.05, 3.63) is 95.1 Å². The van der Waals surface area contributed by atoms with E-state index in [1.54, 1.807) is 18.2 Å². The highest BCUT2D eigenvalue weighted by Gasteiger charge is 2.33. The maximum atomic E-state index is 13.3. The molecule has 0 fully saturated rings. The van der Waals surface area contributed by atoms with E-state index in [2.05, 4.69) is 5.16 Å². The van der Waals surface area contributed by atoms with Crippen molar-refractivity contribution >= 4 is 0 Å². The zero-order valence-corrected chi connectivity index (χ0v) is 20.0. The molecule has 1 aliphatic rings. The second-order valence-corrected chi connectivity index (χ2v) is 8.52. The van der Waals surface area contributed by atoms with E-state index >= 15 is 0 Å². The lowest BCUT2D eigenvalue weighted by Gasteiger charge is -2.17. The first-order valence-corrected chi connectivity index (χ1v) is 11.7. The lowest BCUT2D eigenvalue weighted by molar-refractivity contribution is -0.138. The van der Waals surface area contributed by atoms with E-state index in [0.29, 0.717) is 29.6 Å². The summed E-state index contributed by atoms with van der Waals surface area (Å²) in [7, 11) is 1.52. The van der Waals surface area contributed by atoms with Crippen LogP contribution in [0.5, 0.6) is 17.4 Å². The van der Waals surface area contributed by atoms with Gasteiger partial charge in [0.15, 0.2) is 12.6 Å². The zero-order valence-electron chi connectivity index (χ0n) is 20.0. The fourth-order valence-corrected chi connectivity index (χ4v) is 4.36. The molecule has 0 radical (unpaired) electrons. The second-order valence-electron chi connectivity index (χ2n) is 8.52. The first kappa shape index (κ1) is 24.7. The van der Waals surface area contributed by atoms with E-state index in [1.807, 2.05) is 36.4 Å². The molecular weight excluding hydrogens is 487 g/mol. The molecule has 0 saturated carbocycles. The molecule has 0 N–H and O–H groups in total. The second kappa shape index (κ2) is 10.6. The number of benzene rings is 3. The molecule has 0 spiro atoms. The van der Waals surface area contributed by atoms with Gasteiger partial charge in [0.05, 0.1) is 5.56 Å². The summed E-state index contributed by atoms with van der Waals surface area (Å²) in [6.07, 6.45) is -3.18. The van der Waals surface area contributed by atoms with Gasteiger partial charge in [-0.25, -0.2) is 0 Å². The molecule has 0 amide bonds. The van der Waals surface area contributed by atoms with Gasteiger partial charge in [-0.05, 0) is 60.0 Å². The highest BCUT2D eigenvalue weighted by Crippen LogP contribution is 2.40. The van der Waals surface area contributed by atoms with Crippen LogP contribution in [-0.2, 0) is 23.9 Å². The third-order valence-electron chi connectivity index (χ3n) is 6.11. The van der Waals surface area contributed by atoms with Gasteiger partial charge in [0.1, 0.15) is 24.2 Å². The summed E-state index contributed by atoms with van der Waals surface area (Å²) < 4.78 is 67.5. The molecular formula is C28H24F3NO5. The van der Waals surface area contributed by atoms with Crippen LogP contribution < -0.4 is 14.2 Å². The van der Waals surface area contributed by atoms with E-state index in [1.165, 1.54) is 19.2 Å². The molecule has 1 unspecified atom stereocenters. The van der Waals surface area contributed by atoms with Crippen LogP contribution in [0.15, 0.2) is 77.3 Å². The Morgan fingerprint density at radius 1 is 0.973 bits per heavy atom. The summed E-state index contributed by atoms with van der Waals surface area (Å²) in [6, 6.07) is 20.2. The highest BCUT2D eigenvalue weighted by molar-refractivity contribution is 5.59. The maximum Gasteiger partial charge on any atom is 0.416 e. The summed E-state index contributed by atoms with van der Waals surface area (Å²) in [5, 5.41) is 3.84. The third kappa shape index (κ3) is 5.56. The molecule has 3 aromatic carbocycles. The van der Waals surface area contributed by atoms with Gasteiger partial charge >= 0.3 is 6.18 Å². The van der Waals surface area contributed by atoms with Gasteiger partial charge < -0.3 is 23.5 Å². The normalized spacial score (nSPS) is 14.9. The van der Waals surface area contributed by atoms with E-state index in [9.17, 15) is 13.2 Å². The van der Waals surface area contributed by atoms with Gasteiger partial charge in [-0.1, -0.05) is 30.3 Å². The Labute approximate surface area is 211 Å². The minimum absolute atomic E-state index is 0.0786. The number of aromatic nitrogens is 1. The fraction of sp³-hybridized carbons (Fsp3) is 0.250. The summed E-state index contributed by atoms with van der Waals surface area (Å²) in [5.41, 5.74) is 2.16. The molecule has 0 bridgehead atoms. The molecule has 1 aromatic heterocycles. The summed E-state index contributed by atoms with van der Waals surface area (Å²) in [4.78, 5) is 0. The average molecular weight is 511 g/mol. The van der Waals surface area contributed by atoms with Crippen LogP contribution in [0.4, 0.5) is 13.2 Å². The predicted molar refractivity (Wildman–Crippen MR) is 128 cm³/mol. The first-order valence-electron chi connectivity index (χ1n) is 11.7. The molecule has 1 heterocycles. The first-order chi connectivity index (χ1) is 17.9. The number of ether oxygens (including phenoxy) is 4. The summed E-state index contributed by atoms with van der Waals surface area (Å²) >= 11 is 0. The van der Waals surface area contributed by atoms with E-state index in [4.69, 9.17) is 23.5 Å². The molecule has 5 rings (SSSR count). The topological polar surface area (TPSA) is 63.0 Å². The summed E-state index contributed by atoms with van der Waals surface area (Å²) in [6.45, 7) is -0.0891. The van der Waals surface area contributed by atoms with Crippen molar-refractivity contribution in [1.82, 2.24) is 5.16 Å². The number of hydrogen-bond acceptors (Lipinski definition) is 6. The predicted octanol–water partition coefficient (Wildman–Crippen LogP) is 6.99. The van der Waals surface area contributed by atoms with Crippen molar-refractivity contribution in [1.29, 1.82) is 0 Å². The van der Waals surface area contributed by atoms with Crippen LogP contribution in [0.25, 0.3) is 11.3 Å². The number of methoxy groups -OCH3 is 1. The Hall–Kier alpha value is -3.98. The van der Waals surface area contributed by atoms with Crippen LogP contribution in [0, 0.1) is 0 Å². The Morgan fingerprint density at radius 3 is 2.57 bits per heavy atom. The SMILES string of the molecule is COCOc1cc(-c2ccc(OC3CCc4c(OCc5ccccc5C(F)(F)F)cccc43)cc2)on1. The van der Waals surface area contributed by atoms with Crippen LogP contribution in [-0.4, -0.2) is 19.1 Å². The average Bonchev–Trinajstić information content (AvgIpc) is 3.54.